The lowest BCUT2D eigenvalue weighted by atomic mass is 10.0. The molecule has 0 aliphatic rings. The molecule has 1 aromatic carbocycles. The Kier molecular flexibility index (Phi) is 4.70. The number of nitrogens with one attached hydrogen (secondary N) is 1. The van der Waals surface area contributed by atoms with Gasteiger partial charge in [-0.3, -0.25) is 4.79 Å². The number of aromatic nitrogens is 1. The van der Waals surface area contributed by atoms with E-state index >= 15 is 0 Å². The number of rotatable bonds is 4. The summed E-state index contributed by atoms with van der Waals surface area (Å²) >= 11 is 1.30. The third-order valence-electron chi connectivity index (χ3n) is 3.21. The van der Waals surface area contributed by atoms with E-state index in [9.17, 15) is 4.79 Å². The van der Waals surface area contributed by atoms with Gasteiger partial charge in [-0.15, -0.1) is 11.3 Å². The summed E-state index contributed by atoms with van der Waals surface area (Å²) in [6.07, 6.45) is 0.309. The van der Waals surface area contributed by atoms with E-state index < -0.39 is 0 Å². The number of benzene rings is 1. The van der Waals surface area contributed by atoms with Crippen LogP contribution in [0.5, 0.6) is 0 Å². The second-order valence-electron chi connectivity index (χ2n) is 4.87. The van der Waals surface area contributed by atoms with E-state index in [0.29, 0.717) is 23.0 Å². The van der Waals surface area contributed by atoms with Gasteiger partial charge in [0.2, 0.25) is 5.91 Å². The van der Waals surface area contributed by atoms with Crippen LogP contribution in [0.1, 0.15) is 29.3 Å². The van der Waals surface area contributed by atoms with Crippen LogP contribution in [0.15, 0.2) is 28.7 Å². The number of aryl methyl sites for hydroxylation is 2. The highest BCUT2D eigenvalue weighted by atomic mass is 32.1. The average molecular weight is 303 g/mol. The van der Waals surface area contributed by atoms with Gasteiger partial charge in [0, 0.05) is 5.38 Å². The maximum Gasteiger partial charge on any atom is 0.230 e. The van der Waals surface area contributed by atoms with Crippen LogP contribution in [-0.4, -0.2) is 21.8 Å². The quantitative estimate of drug-likeness (QED) is 0.517. The SMILES string of the molecule is CC(=NO)c1csc(NC(=O)Cc2ccc(C)c(C)c2)n1. The molecule has 1 amide bonds. The van der Waals surface area contributed by atoms with E-state index in [1.165, 1.54) is 22.5 Å². The van der Waals surface area contributed by atoms with E-state index in [-0.39, 0.29) is 5.91 Å². The monoisotopic (exact) mass is 303 g/mol. The van der Waals surface area contributed by atoms with Crippen molar-refractivity contribution in [2.45, 2.75) is 27.2 Å². The smallest absolute Gasteiger partial charge is 0.230 e. The summed E-state index contributed by atoms with van der Waals surface area (Å²) in [5, 5.41) is 16.8. The van der Waals surface area contributed by atoms with Gasteiger partial charge in [-0.2, -0.15) is 0 Å². The van der Waals surface area contributed by atoms with Gasteiger partial charge in [0.05, 0.1) is 6.42 Å². The largest absolute Gasteiger partial charge is 0.411 e. The van der Waals surface area contributed by atoms with Gasteiger partial charge in [0.15, 0.2) is 5.13 Å². The van der Waals surface area contributed by atoms with Gasteiger partial charge in [-0.05, 0) is 37.5 Å². The Balaban J connectivity index is 2.01. The fourth-order valence-electron chi connectivity index (χ4n) is 1.81. The van der Waals surface area contributed by atoms with Crippen molar-refractivity contribution in [2.75, 3.05) is 5.32 Å². The first-order valence-corrected chi connectivity index (χ1v) is 7.38. The summed E-state index contributed by atoms with van der Waals surface area (Å²) < 4.78 is 0. The maximum absolute atomic E-state index is 12.0. The minimum atomic E-state index is -0.113. The predicted octanol–water partition coefficient (Wildman–Crippen LogP) is 3.14. The number of amides is 1. The number of carbonyl (C=O) groups excluding carboxylic acids is 1. The molecule has 0 bridgehead atoms. The Hall–Kier alpha value is -2.21. The number of thiazole rings is 1. The van der Waals surface area contributed by atoms with Crippen LogP contribution in [0.3, 0.4) is 0 Å². The minimum absolute atomic E-state index is 0.113. The van der Waals surface area contributed by atoms with Gasteiger partial charge in [0.25, 0.3) is 0 Å². The molecule has 0 unspecified atom stereocenters. The molecule has 0 aliphatic heterocycles. The van der Waals surface area contributed by atoms with Gasteiger partial charge < -0.3 is 10.5 Å². The lowest BCUT2D eigenvalue weighted by molar-refractivity contribution is -0.115. The summed E-state index contributed by atoms with van der Waals surface area (Å²) in [4.78, 5) is 16.2. The lowest BCUT2D eigenvalue weighted by Crippen LogP contribution is -2.14. The zero-order chi connectivity index (χ0) is 15.4. The van der Waals surface area contributed by atoms with Crippen molar-refractivity contribution in [3.8, 4) is 0 Å². The van der Waals surface area contributed by atoms with Crippen molar-refractivity contribution < 1.29 is 10.0 Å². The van der Waals surface area contributed by atoms with Crippen LogP contribution < -0.4 is 5.32 Å². The Labute approximate surface area is 127 Å². The van der Waals surface area contributed by atoms with Crippen LogP contribution in [0.4, 0.5) is 5.13 Å². The van der Waals surface area contributed by atoms with Gasteiger partial charge in [-0.1, -0.05) is 23.4 Å². The third kappa shape index (κ3) is 3.88. The zero-order valence-electron chi connectivity index (χ0n) is 12.2. The number of hydrogen-bond acceptors (Lipinski definition) is 5. The molecule has 0 radical (unpaired) electrons. The van der Waals surface area contributed by atoms with Gasteiger partial charge >= 0.3 is 0 Å². The van der Waals surface area contributed by atoms with Gasteiger partial charge in [-0.25, -0.2) is 4.98 Å². The van der Waals surface area contributed by atoms with E-state index in [4.69, 9.17) is 5.21 Å². The van der Waals surface area contributed by atoms with Crippen LogP contribution in [0.25, 0.3) is 0 Å². The molecule has 0 fully saturated rings. The van der Waals surface area contributed by atoms with Crippen LogP contribution in [-0.2, 0) is 11.2 Å². The topological polar surface area (TPSA) is 74.6 Å². The molecule has 2 aromatic rings. The highest BCUT2D eigenvalue weighted by Gasteiger charge is 2.09. The number of hydrogen-bond donors (Lipinski definition) is 2. The molecule has 2 rings (SSSR count). The predicted molar refractivity (Wildman–Crippen MR) is 84.4 cm³/mol. The average Bonchev–Trinajstić information content (AvgIpc) is 2.90. The van der Waals surface area contributed by atoms with E-state index in [0.717, 1.165) is 5.56 Å². The molecule has 110 valence electrons. The zero-order valence-corrected chi connectivity index (χ0v) is 13.0. The minimum Gasteiger partial charge on any atom is -0.411 e. The van der Waals surface area contributed by atoms with Crippen molar-refractivity contribution in [3.05, 3.63) is 46.0 Å². The molecule has 0 saturated heterocycles. The van der Waals surface area contributed by atoms with Crippen LogP contribution >= 0.6 is 11.3 Å². The van der Waals surface area contributed by atoms with Crippen LogP contribution in [0, 0.1) is 13.8 Å². The fraction of sp³-hybridized carbons (Fsp3) is 0.267. The highest BCUT2D eigenvalue weighted by molar-refractivity contribution is 7.14. The van der Waals surface area contributed by atoms with Crippen molar-refractivity contribution >= 4 is 28.1 Å². The Morgan fingerprint density at radius 1 is 1.38 bits per heavy atom. The third-order valence-corrected chi connectivity index (χ3v) is 3.96. The normalized spacial score (nSPS) is 11.5. The molecular weight excluding hydrogens is 286 g/mol. The molecule has 1 aromatic heterocycles. The van der Waals surface area contributed by atoms with E-state index in [1.807, 2.05) is 32.0 Å². The molecule has 0 saturated carbocycles. The number of carbonyl (C=O) groups is 1. The molecule has 6 heteroatoms. The van der Waals surface area contributed by atoms with Crippen molar-refractivity contribution in [1.29, 1.82) is 0 Å². The number of oxime groups is 1. The Morgan fingerprint density at radius 3 is 2.81 bits per heavy atom. The Bertz CT molecular complexity index is 692. The van der Waals surface area contributed by atoms with Crippen molar-refractivity contribution in [1.82, 2.24) is 4.98 Å². The van der Waals surface area contributed by atoms with E-state index in [1.54, 1.807) is 12.3 Å². The molecule has 0 atom stereocenters. The molecule has 21 heavy (non-hydrogen) atoms. The Morgan fingerprint density at radius 2 is 2.14 bits per heavy atom. The molecule has 2 N–H and O–H groups in total. The number of anilines is 1. The van der Waals surface area contributed by atoms with E-state index in [2.05, 4.69) is 15.5 Å². The van der Waals surface area contributed by atoms with Gasteiger partial charge in [0.1, 0.15) is 11.4 Å². The summed E-state index contributed by atoms with van der Waals surface area (Å²) in [6.45, 7) is 5.72. The second-order valence-corrected chi connectivity index (χ2v) is 5.72. The maximum atomic E-state index is 12.0. The first-order valence-electron chi connectivity index (χ1n) is 6.50. The highest BCUT2D eigenvalue weighted by Crippen LogP contribution is 2.17. The van der Waals surface area contributed by atoms with Crippen LogP contribution in [0.2, 0.25) is 0 Å². The lowest BCUT2D eigenvalue weighted by Gasteiger charge is -2.05. The first-order chi connectivity index (χ1) is 9.99. The molecule has 1 heterocycles. The standard InChI is InChI=1S/C15H17N3O2S/c1-9-4-5-12(6-10(9)2)7-14(19)17-15-16-13(8-21-15)11(3)18-20/h4-6,8,20H,7H2,1-3H3,(H,16,17,19). The number of nitrogens with zero attached hydrogens (tertiary/aromatic N) is 2. The summed E-state index contributed by atoms with van der Waals surface area (Å²) in [6, 6.07) is 5.99. The molecule has 0 aliphatic carbocycles. The summed E-state index contributed by atoms with van der Waals surface area (Å²) in [7, 11) is 0. The molecule has 5 nitrogen and oxygen atoms in total. The molecular formula is C15H17N3O2S. The first kappa shape index (κ1) is 15.2. The van der Waals surface area contributed by atoms with Crippen molar-refractivity contribution in [3.63, 3.8) is 0 Å². The summed E-state index contributed by atoms with van der Waals surface area (Å²) in [5.74, 6) is -0.113. The summed E-state index contributed by atoms with van der Waals surface area (Å²) in [5.41, 5.74) is 4.33. The second kappa shape index (κ2) is 6.49. The van der Waals surface area contributed by atoms with Crippen molar-refractivity contribution in [2.24, 2.45) is 5.16 Å². The molecule has 0 spiro atoms. The fourth-order valence-corrected chi connectivity index (χ4v) is 2.58.